The van der Waals surface area contributed by atoms with E-state index in [9.17, 15) is 25.9 Å². The quantitative estimate of drug-likeness (QED) is 0.0690. The SMILES string of the molecule is O=S(=O)([O-])c1ccc(-c2ccc(P(c3ccc(-c4cc[c-]cc4)cc3)c3cccc(S(=O)(=O)[O-])c3)cc2)cc1.O=S(=O)=O.[Na+].[Na+].[Na+]. The van der Waals surface area contributed by atoms with Crippen molar-refractivity contribution in [1.82, 2.24) is 0 Å². The molecule has 1 unspecified atom stereocenters. The van der Waals surface area contributed by atoms with E-state index in [2.05, 4.69) is 6.07 Å². The Morgan fingerprint density at radius 2 is 0.870 bits per heavy atom. The second-order valence-corrected chi connectivity index (χ2v) is 14.2. The van der Waals surface area contributed by atoms with Gasteiger partial charge in [0.2, 0.25) is 0 Å². The van der Waals surface area contributed by atoms with Crippen LogP contribution in [-0.2, 0) is 30.8 Å². The Hall–Kier alpha value is -1.03. The monoisotopic (exact) mass is 720 g/mol. The van der Waals surface area contributed by atoms with Gasteiger partial charge in [0, 0.05) is 0 Å². The Balaban J connectivity index is 0.00000143. The number of hydrogen-bond donors (Lipinski definition) is 0. The van der Waals surface area contributed by atoms with Gasteiger partial charge in [-0.25, -0.2) is 16.8 Å². The molecule has 0 heterocycles. The number of hydrogen-bond acceptors (Lipinski definition) is 9. The average molecular weight is 721 g/mol. The maximum absolute atomic E-state index is 11.8. The summed E-state index contributed by atoms with van der Waals surface area (Å²) in [5.74, 6) is 0. The summed E-state index contributed by atoms with van der Waals surface area (Å²) in [4.78, 5) is -0.577. The molecule has 0 radical (unpaired) electrons. The van der Waals surface area contributed by atoms with Gasteiger partial charge in [0.15, 0.2) is 0 Å². The van der Waals surface area contributed by atoms with Crippen LogP contribution >= 0.6 is 7.92 Å². The van der Waals surface area contributed by atoms with Crippen molar-refractivity contribution in [1.29, 1.82) is 0 Å². The Labute approximate surface area is 337 Å². The molecule has 0 fully saturated rings. The minimum absolute atomic E-state index is 0. The molecule has 5 aromatic carbocycles. The third-order valence-corrected chi connectivity index (χ3v) is 10.2. The summed E-state index contributed by atoms with van der Waals surface area (Å²) in [6.07, 6.45) is 0. The van der Waals surface area contributed by atoms with E-state index in [4.69, 9.17) is 12.6 Å². The molecule has 0 spiro atoms. The summed E-state index contributed by atoms with van der Waals surface area (Å²) in [5, 5.41) is 2.60. The zero-order chi connectivity index (χ0) is 31.2. The smallest absolute Gasteiger partial charge is 0.744 e. The number of benzene rings is 5. The van der Waals surface area contributed by atoms with Gasteiger partial charge in [0.05, 0.1) is 9.79 Å². The molecule has 0 saturated heterocycles. The predicted octanol–water partition coefficient (Wildman–Crippen LogP) is -5.60. The van der Waals surface area contributed by atoms with Crippen LogP contribution < -0.4 is 105 Å². The largest absolute Gasteiger partial charge is 1.00 e. The van der Waals surface area contributed by atoms with E-state index >= 15 is 0 Å². The molecule has 16 heteroatoms. The molecule has 0 aliphatic carbocycles. The van der Waals surface area contributed by atoms with E-state index in [-0.39, 0.29) is 98.5 Å². The summed E-state index contributed by atoms with van der Waals surface area (Å²) < 4.78 is 94.4. The van der Waals surface area contributed by atoms with Crippen molar-refractivity contribution in [2.45, 2.75) is 9.79 Å². The van der Waals surface area contributed by atoms with Crippen LogP contribution in [0.25, 0.3) is 22.3 Å². The fourth-order valence-electron chi connectivity index (χ4n) is 4.22. The molecule has 9 nitrogen and oxygen atoms in total. The minimum Gasteiger partial charge on any atom is -0.744 e. The third kappa shape index (κ3) is 12.1. The van der Waals surface area contributed by atoms with Crippen molar-refractivity contribution in [3.8, 4) is 22.3 Å². The molecular weight excluding hydrogens is 700 g/mol. The van der Waals surface area contributed by atoms with Crippen molar-refractivity contribution < 1.29 is 127 Å². The topological polar surface area (TPSA) is 166 Å². The van der Waals surface area contributed by atoms with Crippen LogP contribution in [0.1, 0.15) is 0 Å². The van der Waals surface area contributed by atoms with Crippen molar-refractivity contribution in [3.63, 3.8) is 0 Å². The van der Waals surface area contributed by atoms with Gasteiger partial charge in [-0.15, -0.1) is 18.2 Å². The van der Waals surface area contributed by atoms with Crippen LogP contribution in [0.2, 0.25) is 0 Å². The van der Waals surface area contributed by atoms with Crippen LogP contribution in [0.15, 0.2) is 131 Å². The first kappa shape index (κ1) is 43.0. The summed E-state index contributed by atoms with van der Waals surface area (Å²) in [6.45, 7) is 0. The summed E-state index contributed by atoms with van der Waals surface area (Å²) in [5.41, 5.74) is 3.62. The first-order valence-electron chi connectivity index (χ1n) is 12.2. The van der Waals surface area contributed by atoms with E-state index in [1.165, 1.54) is 24.3 Å². The van der Waals surface area contributed by atoms with Gasteiger partial charge in [-0.3, -0.25) is 0 Å². The molecule has 0 amide bonds. The van der Waals surface area contributed by atoms with Gasteiger partial charge in [-0.1, -0.05) is 72.8 Å². The van der Waals surface area contributed by atoms with Gasteiger partial charge in [0.25, 0.3) is 0 Å². The summed E-state index contributed by atoms with van der Waals surface area (Å²) in [6, 6.07) is 38.1. The van der Waals surface area contributed by atoms with E-state index < -0.39 is 38.8 Å². The average Bonchev–Trinajstić information content (AvgIpc) is 2.98. The standard InChI is InChI=1S/C30H22O6PS2.3Na.O3S/c31-38(32,33)29-19-13-25(14-20-29)24-11-17-27(18-12-24)37(28-7-4-8-30(21-28)39(34,35)36)26-15-9-23(10-16-26)22-5-2-1-3-6-22;;;;1-4(2)3/h2-21H,(H,31,32,33)(H,34,35,36);;;;/q-1;3*+1;/p-2. The van der Waals surface area contributed by atoms with Crippen molar-refractivity contribution in [2.24, 2.45) is 0 Å². The van der Waals surface area contributed by atoms with Crippen molar-refractivity contribution in [2.75, 3.05) is 0 Å². The molecule has 220 valence electrons. The molecule has 0 saturated carbocycles. The Morgan fingerprint density at radius 1 is 0.500 bits per heavy atom. The molecule has 0 aliphatic rings. The molecule has 46 heavy (non-hydrogen) atoms. The second kappa shape index (κ2) is 19.2. The van der Waals surface area contributed by atoms with Gasteiger partial charge in [-0.05, 0) is 64.8 Å². The van der Waals surface area contributed by atoms with Crippen LogP contribution in [0.3, 0.4) is 0 Å². The van der Waals surface area contributed by atoms with E-state index in [0.29, 0.717) is 5.30 Å². The van der Waals surface area contributed by atoms with Crippen molar-refractivity contribution >= 4 is 54.7 Å². The first-order valence-corrected chi connectivity index (χ1v) is 17.3. The Morgan fingerprint density at radius 3 is 1.26 bits per heavy atom. The number of rotatable bonds is 7. The van der Waals surface area contributed by atoms with Gasteiger partial charge in [-0.2, -0.15) is 30.3 Å². The maximum Gasteiger partial charge on any atom is 1.00 e. The fourth-order valence-corrected chi connectivity index (χ4v) is 7.59. The molecule has 0 aliphatic heterocycles. The summed E-state index contributed by atoms with van der Waals surface area (Å²) >= 11 is 0. The molecule has 0 aromatic heterocycles. The van der Waals surface area contributed by atoms with Crippen LogP contribution in [-0.4, -0.2) is 38.6 Å². The van der Waals surface area contributed by atoms with Gasteiger partial charge < -0.3 is 9.11 Å². The first-order chi connectivity index (χ1) is 20.3. The van der Waals surface area contributed by atoms with Gasteiger partial charge >= 0.3 is 99.3 Å². The normalized spacial score (nSPS) is 11.3. The molecule has 5 aromatic rings. The second-order valence-electron chi connectivity index (χ2n) is 8.85. The molecular formula is C30H20Na3O9PS3. The predicted molar refractivity (Wildman–Crippen MR) is 160 cm³/mol. The Bertz CT molecular complexity index is 2060. The summed E-state index contributed by atoms with van der Waals surface area (Å²) in [7, 11) is -13.5. The van der Waals surface area contributed by atoms with Gasteiger partial charge in [0.1, 0.15) is 20.2 Å². The molecule has 5 rings (SSSR count). The fraction of sp³-hybridized carbons (Fsp3) is 0. The van der Waals surface area contributed by atoms with E-state index in [0.717, 1.165) is 32.9 Å². The van der Waals surface area contributed by atoms with Crippen LogP contribution in [0, 0.1) is 6.07 Å². The van der Waals surface area contributed by atoms with E-state index in [1.54, 1.807) is 18.2 Å². The van der Waals surface area contributed by atoms with Crippen LogP contribution in [0.4, 0.5) is 0 Å². The molecule has 0 N–H and O–H groups in total. The zero-order valence-corrected chi connectivity index (χ0v) is 34.2. The third-order valence-electron chi connectivity index (χ3n) is 6.14. The molecule has 0 bridgehead atoms. The molecule has 1 atom stereocenters. The van der Waals surface area contributed by atoms with Crippen LogP contribution in [0.5, 0.6) is 0 Å². The zero-order valence-electron chi connectivity index (χ0n) is 24.9. The maximum atomic E-state index is 11.8. The van der Waals surface area contributed by atoms with E-state index in [1.807, 2.05) is 78.9 Å². The minimum atomic E-state index is -4.63. The van der Waals surface area contributed by atoms with Crippen molar-refractivity contribution in [3.05, 3.63) is 127 Å². The Kier molecular flexibility index (Phi) is 18.0.